The molecule has 1 N–H and O–H groups in total. The monoisotopic (exact) mass is 336 g/mol. The number of pyridine rings is 1. The quantitative estimate of drug-likeness (QED) is 0.906. The van der Waals surface area contributed by atoms with E-state index in [0.29, 0.717) is 5.75 Å². The lowest BCUT2D eigenvalue weighted by molar-refractivity contribution is 0.149. The van der Waals surface area contributed by atoms with Gasteiger partial charge >= 0.3 is 0 Å². The minimum absolute atomic E-state index is 0.134. The predicted octanol–water partition coefficient (Wildman–Crippen LogP) is 3.77. The molecule has 0 aliphatic carbocycles. The van der Waals surface area contributed by atoms with Crippen LogP contribution in [0.25, 0.3) is 0 Å². The van der Waals surface area contributed by atoms with Gasteiger partial charge in [-0.15, -0.1) is 0 Å². The van der Waals surface area contributed by atoms with E-state index < -0.39 is 0 Å². The largest absolute Gasteiger partial charge is 0.484 e. The van der Waals surface area contributed by atoms with Crippen LogP contribution in [0.5, 0.6) is 5.75 Å². The van der Waals surface area contributed by atoms with Gasteiger partial charge in [0.25, 0.3) is 0 Å². The average molecular weight is 337 g/mol. The van der Waals surface area contributed by atoms with E-state index in [2.05, 4.69) is 26.2 Å². The molecular formula is C15H14BrFN2O. The Morgan fingerprint density at radius 2 is 2.20 bits per heavy atom. The maximum atomic E-state index is 13.4. The molecule has 0 spiro atoms. The number of nitrogens with one attached hydrogen (secondary N) is 1. The van der Waals surface area contributed by atoms with Gasteiger partial charge in [-0.1, -0.05) is 6.07 Å². The van der Waals surface area contributed by atoms with Crippen LogP contribution in [-0.4, -0.2) is 12.0 Å². The van der Waals surface area contributed by atoms with Crippen molar-refractivity contribution in [1.82, 2.24) is 10.3 Å². The van der Waals surface area contributed by atoms with Gasteiger partial charge in [0.15, 0.2) is 0 Å². The molecule has 0 saturated carbocycles. The summed E-state index contributed by atoms with van der Waals surface area (Å²) in [6, 6.07) is 8.66. The van der Waals surface area contributed by atoms with Crippen molar-refractivity contribution >= 4 is 15.9 Å². The Bertz CT molecular complexity index is 618. The summed E-state index contributed by atoms with van der Waals surface area (Å²) in [5.74, 6) is 0.299. The van der Waals surface area contributed by atoms with E-state index in [1.165, 1.54) is 12.1 Å². The van der Waals surface area contributed by atoms with Gasteiger partial charge in [0.1, 0.15) is 17.7 Å². The summed E-state index contributed by atoms with van der Waals surface area (Å²) in [7, 11) is 1.90. The predicted molar refractivity (Wildman–Crippen MR) is 78.1 cm³/mol. The molecule has 1 aliphatic rings. The van der Waals surface area contributed by atoms with Crippen LogP contribution in [0.15, 0.2) is 41.0 Å². The summed E-state index contributed by atoms with van der Waals surface area (Å²) in [4.78, 5) is 4.37. The Kier molecular flexibility index (Phi) is 3.72. The molecule has 1 aliphatic heterocycles. The van der Waals surface area contributed by atoms with Crippen LogP contribution in [0.3, 0.4) is 0 Å². The lowest BCUT2D eigenvalue weighted by atomic mass is 9.95. The molecule has 5 heteroatoms. The maximum Gasteiger partial charge on any atom is 0.142 e. The number of aromatic nitrogens is 1. The van der Waals surface area contributed by atoms with Gasteiger partial charge in [-0.3, -0.25) is 4.98 Å². The Morgan fingerprint density at radius 3 is 2.90 bits per heavy atom. The number of benzene rings is 1. The zero-order chi connectivity index (χ0) is 14.1. The zero-order valence-electron chi connectivity index (χ0n) is 10.9. The average Bonchev–Trinajstić information content (AvgIpc) is 2.46. The van der Waals surface area contributed by atoms with E-state index in [-0.39, 0.29) is 18.0 Å². The molecule has 104 valence electrons. The van der Waals surface area contributed by atoms with Crippen molar-refractivity contribution in [3.8, 4) is 5.75 Å². The van der Waals surface area contributed by atoms with Crippen molar-refractivity contribution < 1.29 is 9.13 Å². The summed E-state index contributed by atoms with van der Waals surface area (Å²) >= 11 is 3.37. The third-order valence-electron chi connectivity index (χ3n) is 3.50. The highest BCUT2D eigenvalue weighted by molar-refractivity contribution is 9.10. The molecule has 0 amide bonds. The molecular weight excluding hydrogens is 323 g/mol. The van der Waals surface area contributed by atoms with E-state index in [1.54, 1.807) is 12.3 Å². The number of halogens is 2. The molecule has 20 heavy (non-hydrogen) atoms. The summed E-state index contributed by atoms with van der Waals surface area (Å²) in [5.41, 5.74) is 1.84. The van der Waals surface area contributed by atoms with Crippen LogP contribution in [0.2, 0.25) is 0 Å². The van der Waals surface area contributed by atoms with Gasteiger partial charge in [-0.05, 0) is 41.2 Å². The molecule has 1 aromatic heterocycles. The first-order valence-corrected chi connectivity index (χ1v) is 7.21. The fourth-order valence-corrected chi connectivity index (χ4v) is 2.71. The number of hydrogen-bond acceptors (Lipinski definition) is 3. The van der Waals surface area contributed by atoms with Gasteiger partial charge in [0.2, 0.25) is 0 Å². The maximum absolute atomic E-state index is 13.4. The molecule has 0 bridgehead atoms. The van der Waals surface area contributed by atoms with Crippen molar-refractivity contribution in [3.63, 3.8) is 0 Å². The Balaban J connectivity index is 1.95. The minimum Gasteiger partial charge on any atom is -0.484 e. The van der Waals surface area contributed by atoms with E-state index in [1.807, 2.05) is 19.2 Å². The molecule has 0 saturated heterocycles. The number of ether oxygens (including phenoxy) is 1. The summed E-state index contributed by atoms with van der Waals surface area (Å²) in [5, 5.41) is 3.25. The third kappa shape index (κ3) is 2.55. The first-order valence-electron chi connectivity index (χ1n) is 6.42. The normalized spacial score (nSPS) is 21.1. The molecule has 2 heterocycles. The molecule has 3 rings (SSSR count). The molecule has 0 fully saturated rings. The first-order chi connectivity index (χ1) is 9.67. The highest BCUT2D eigenvalue weighted by atomic mass is 79.9. The van der Waals surface area contributed by atoms with Gasteiger partial charge < -0.3 is 10.1 Å². The minimum atomic E-state index is -0.289. The van der Waals surface area contributed by atoms with Gasteiger partial charge in [-0.2, -0.15) is 0 Å². The van der Waals surface area contributed by atoms with Crippen LogP contribution in [-0.2, 0) is 0 Å². The van der Waals surface area contributed by atoms with Crippen LogP contribution < -0.4 is 10.1 Å². The van der Waals surface area contributed by atoms with E-state index in [0.717, 1.165) is 22.2 Å². The molecule has 2 unspecified atom stereocenters. The van der Waals surface area contributed by atoms with Crippen molar-refractivity contribution in [2.45, 2.75) is 18.6 Å². The van der Waals surface area contributed by atoms with Crippen molar-refractivity contribution in [2.75, 3.05) is 7.05 Å². The fraction of sp³-hybridized carbons (Fsp3) is 0.267. The van der Waals surface area contributed by atoms with Crippen LogP contribution in [0.1, 0.15) is 29.8 Å². The Labute approximate surface area is 125 Å². The second kappa shape index (κ2) is 5.50. The highest BCUT2D eigenvalue weighted by Crippen LogP contribution is 2.40. The SMILES string of the molecule is CNC1CC(c2ccc(Br)cn2)Oc2cc(F)ccc21. The van der Waals surface area contributed by atoms with Gasteiger partial charge in [0.05, 0.1) is 5.69 Å². The van der Waals surface area contributed by atoms with Crippen molar-refractivity contribution in [1.29, 1.82) is 0 Å². The van der Waals surface area contributed by atoms with Crippen molar-refractivity contribution in [3.05, 3.63) is 58.1 Å². The fourth-order valence-electron chi connectivity index (χ4n) is 2.47. The van der Waals surface area contributed by atoms with E-state index in [4.69, 9.17) is 4.74 Å². The molecule has 2 aromatic rings. The topological polar surface area (TPSA) is 34.2 Å². The lowest BCUT2D eigenvalue weighted by Gasteiger charge is -2.31. The Morgan fingerprint density at radius 1 is 1.35 bits per heavy atom. The number of hydrogen-bond donors (Lipinski definition) is 1. The molecule has 3 nitrogen and oxygen atoms in total. The standard InChI is InChI=1S/C15H14BrFN2O/c1-18-13-7-15(12-5-2-9(16)8-19-12)20-14-6-10(17)3-4-11(13)14/h2-6,8,13,15,18H,7H2,1H3. The van der Waals surface area contributed by atoms with E-state index in [9.17, 15) is 4.39 Å². The number of nitrogens with zero attached hydrogens (tertiary/aromatic N) is 1. The summed E-state index contributed by atoms with van der Waals surface area (Å²) < 4.78 is 20.2. The van der Waals surface area contributed by atoms with Crippen LogP contribution in [0, 0.1) is 5.82 Å². The summed E-state index contributed by atoms with van der Waals surface area (Å²) in [6.45, 7) is 0. The second-order valence-corrected chi connectivity index (χ2v) is 5.68. The number of fused-ring (bicyclic) bond motifs is 1. The van der Waals surface area contributed by atoms with Gasteiger partial charge in [-0.25, -0.2) is 4.39 Å². The first kappa shape index (κ1) is 13.5. The zero-order valence-corrected chi connectivity index (χ0v) is 12.5. The third-order valence-corrected chi connectivity index (χ3v) is 3.97. The second-order valence-electron chi connectivity index (χ2n) is 4.77. The highest BCUT2D eigenvalue weighted by Gasteiger charge is 2.29. The van der Waals surface area contributed by atoms with Crippen LogP contribution in [0.4, 0.5) is 4.39 Å². The molecule has 2 atom stereocenters. The lowest BCUT2D eigenvalue weighted by Crippen LogP contribution is -2.27. The Hall–Kier alpha value is -1.46. The number of rotatable bonds is 2. The smallest absolute Gasteiger partial charge is 0.142 e. The van der Waals surface area contributed by atoms with E-state index >= 15 is 0 Å². The molecule has 0 radical (unpaired) electrons. The van der Waals surface area contributed by atoms with Crippen molar-refractivity contribution in [2.24, 2.45) is 0 Å². The van der Waals surface area contributed by atoms with Gasteiger partial charge in [0, 0.05) is 34.8 Å². The summed E-state index contributed by atoms with van der Waals surface area (Å²) in [6.07, 6.45) is 2.34. The molecule has 1 aromatic carbocycles. The van der Waals surface area contributed by atoms with Crippen LogP contribution >= 0.6 is 15.9 Å².